The molecule has 0 rings (SSSR count). The Bertz CT molecular complexity index is 404. The first kappa shape index (κ1) is 21.8. The van der Waals surface area contributed by atoms with Crippen molar-refractivity contribution in [3.63, 3.8) is 0 Å². The number of nitriles is 2. The van der Waals surface area contributed by atoms with Gasteiger partial charge in [-0.25, -0.2) is 10.4 Å². The van der Waals surface area contributed by atoms with Gasteiger partial charge in [-0.3, -0.25) is 0 Å². The molecule has 1 radical (unpaired) electrons. The minimum atomic E-state index is -0.877. The number of nitrogens with zero attached hydrogens (tertiary/aromatic N) is 4. The van der Waals surface area contributed by atoms with Crippen LogP contribution in [0.25, 0.3) is 0 Å². The molecule has 0 heterocycles. The first-order valence-corrected chi connectivity index (χ1v) is 6.51. The van der Waals surface area contributed by atoms with Gasteiger partial charge in [0.05, 0.1) is 6.07 Å². The van der Waals surface area contributed by atoms with Gasteiger partial charge in [0, 0.05) is 32.7 Å². The van der Waals surface area contributed by atoms with Crippen LogP contribution < -0.4 is 0 Å². The van der Waals surface area contributed by atoms with Gasteiger partial charge >= 0.3 is 0 Å². The van der Waals surface area contributed by atoms with Crippen LogP contribution in [0.2, 0.25) is 0 Å². The Hall–Kier alpha value is -0.446. The molecule has 0 spiro atoms. The average Bonchev–Trinajstić information content (AvgIpc) is 2.20. The molecule has 0 bridgehead atoms. The Morgan fingerprint density at radius 3 is 1.75 bits per heavy atom. The van der Waals surface area contributed by atoms with Crippen LogP contribution in [0.1, 0.15) is 61.3 Å². The van der Waals surface area contributed by atoms with Gasteiger partial charge in [-0.15, -0.1) is 12.5 Å². The van der Waals surface area contributed by atoms with Crippen molar-refractivity contribution in [2.24, 2.45) is 21.1 Å². The topological polar surface area (TPSA) is 72.3 Å². The van der Waals surface area contributed by atoms with Gasteiger partial charge < -0.3 is 5.11 Å². The van der Waals surface area contributed by atoms with E-state index >= 15 is 0 Å². The molecule has 0 aliphatic carbocycles. The Kier molecular flexibility index (Phi) is 8.86. The summed E-state index contributed by atoms with van der Waals surface area (Å²) in [5, 5.41) is 26.5. The van der Waals surface area contributed by atoms with Gasteiger partial charge in [-0.2, -0.15) is 5.26 Å². The van der Waals surface area contributed by atoms with E-state index in [4.69, 9.17) is 5.26 Å². The van der Waals surface area contributed by atoms with Crippen molar-refractivity contribution in [1.29, 1.82) is 10.5 Å². The number of hydrogen-bond acceptors (Lipinski definition) is 4. The fraction of sp³-hybridized carbons (Fsp3) is 0.800. The van der Waals surface area contributed by atoms with E-state index in [1.807, 2.05) is 20.8 Å². The minimum Gasteiger partial charge on any atom is -0.337 e. The summed E-state index contributed by atoms with van der Waals surface area (Å²) >= 11 is 0. The number of rotatable bonds is 4. The smallest absolute Gasteiger partial charge is 0.162 e. The molecule has 0 saturated heterocycles. The molecule has 1 atom stereocenters. The second-order valence-electron chi connectivity index (χ2n) is 7.62. The van der Waals surface area contributed by atoms with Gasteiger partial charge in [-0.05, 0) is 18.8 Å². The van der Waals surface area contributed by atoms with E-state index in [0.29, 0.717) is 18.9 Å². The predicted octanol–water partition coefficient (Wildman–Crippen LogP) is 4.65. The zero-order valence-electron chi connectivity index (χ0n) is 13.8. The van der Waals surface area contributed by atoms with Crippen molar-refractivity contribution in [1.82, 2.24) is 0 Å². The summed E-state index contributed by atoms with van der Waals surface area (Å²) in [7, 11) is 0. The Morgan fingerprint density at radius 2 is 1.45 bits per heavy atom. The van der Waals surface area contributed by atoms with Crippen molar-refractivity contribution in [2.75, 3.05) is 0 Å². The van der Waals surface area contributed by atoms with Gasteiger partial charge in [0.1, 0.15) is 0 Å². The van der Waals surface area contributed by atoms with Crippen molar-refractivity contribution in [3.05, 3.63) is 6.04 Å². The number of azo groups is 1. The maximum absolute atomic E-state index is 9.27. The Balaban J connectivity index is 0. The van der Waals surface area contributed by atoms with Crippen LogP contribution in [0.5, 0.6) is 0 Å². The molecule has 0 aromatic rings. The van der Waals surface area contributed by atoms with Gasteiger partial charge in [-0.1, -0.05) is 53.0 Å². The van der Waals surface area contributed by atoms with Crippen LogP contribution in [0.15, 0.2) is 10.2 Å². The standard InChI is InChI=1S/C15H25N4.Y/c1-13(2,3)8-12(9-16)18-19-15(7,11-17)10-14(4,5)6;/h8,10H2,1-7H3;/q-1;. The quantitative estimate of drug-likeness (QED) is 0.547. The molecule has 0 N–H and O–H groups in total. The van der Waals surface area contributed by atoms with Gasteiger partial charge in [0.2, 0.25) is 0 Å². The molecule has 1 unspecified atom stereocenters. The second kappa shape index (κ2) is 8.11. The van der Waals surface area contributed by atoms with Crippen molar-refractivity contribution >= 4 is 0 Å². The largest absolute Gasteiger partial charge is 0.337 e. The van der Waals surface area contributed by atoms with E-state index in [1.54, 1.807) is 6.92 Å². The van der Waals surface area contributed by atoms with Crippen molar-refractivity contribution < 1.29 is 32.7 Å². The van der Waals surface area contributed by atoms with E-state index in [2.05, 4.69) is 43.1 Å². The van der Waals surface area contributed by atoms with Crippen molar-refractivity contribution in [3.8, 4) is 12.1 Å². The summed E-state index contributed by atoms with van der Waals surface area (Å²) in [5.74, 6) is 0. The molecule has 0 aliphatic rings. The molecule has 0 aromatic carbocycles. The van der Waals surface area contributed by atoms with Crippen LogP contribution in [0.4, 0.5) is 0 Å². The monoisotopic (exact) mass is 350 g/mol. The fourth-order valence-corrected chi connectivity index (χ4v) is 1.90. The second-order valence-corrected chi connectivity index (χ2v) is 7.62. The minimum absolute atomic E-state index is 0. The van der Waals surface area contributed by atoms with Crippen LogP contribution in [-0.4, -0.2) is 5.54 Å². The summed E-state index contributed by atoms with van der Waals surface area (Å²) in [6.07, 6.45) is 1.16. The third-order valence-electron chi connectivity index (χ3n) is 2.33. The zero-order chi connectivity index (χ0) is 15.3. The summed E-state index contributed by atoms with van der Waals surface area (Å²) < 4.78 is 0. The molecule has 5 heteroatoms. The Labute approximate surface area is 148 Å². The third kappa shape index (κ3) is 10.4. The zero-order valence-corrected chi connectivity index (χ0v) is 16.6. The predicted molar refractivity (Wildman–Crippen MR) is 75.9 cm³/mol. The van der Waals surface area contributed by atoms with E-state index in [-0.39, 0.29) is 43.5 Å². The van der Waals surface area contributed by atoms with E-state index in [9.17, 15) is 5.26 Å². The molecule has 0 amide bonds. The normalized spacial score (nSPS) is 14.8. The molecular weight excluding hydrogens is 325 g/mol. The molecule has 20 heavy (non-hydrogen) atoms. The molecule has 4 nitrogen and oxygen atoms in total. The van der Waals surface area contributed by atoms with Crippen LogP contribution in [-0.2, 0) is 32.7 Å². The Morgan fingerprint density at radius 1 is 0.950 bits per heavy atom. The summed E-state index contributed by atoms with van der Waals surface area (Å²) in [6, 6.07) is 4.64. The van der Waals surface area contributed by atoms with Crippen LogP contribution >= 0.6 is 0 Å². The average molecular weight is 350 g/mol. The van der Waals surface area contributed by atoms with Crippen LogP contribution in [0, 0.1) is 39.5 Å². The summed E-state index contributed by atoms with van der Waals surface area (Å²) in [4.78, 5) is 0. The van der Waals surface area contributed by atoms with E-state index in [0.717, 1.165) is 0 Å². The molecule has 0 aliphatic heterocycles. The van der Waals surface area contributed by atoms with Crippen molar-refractivity contribution in [2.45, 2.75) is 66.8 Å². The van der Waals surface area contributed by atoms with Gasteiger partial charge in [0.15, 0.2) is 5.54 Å². The SMILES string of the molecule is CC(C)(C)C[C-](C#N)N=NC(C)(C#N)CC(C)(C)C.[Y]. The summed E-state index contributed by atoms with van der Waals surface area (Å²) in [5.41, 5.74) is -0.907. The molecular formula is C15H25N4Y-. The van der Waals surface area contributed by atoms with E-state index in [1.165, 1.54) is 0 Å². The maximum atomic E-state index is 9.27. The first-order chi connectivity index (χ1) is 8.41. The molecule has 0 fully saturated rings. The van der Waals surface area contributed by atoms with Gasteiger partial charge in [0.25, 0.3) is 0 Å². The summed E-state index contributed by atoms with van der Waals surface area (Å²) in [6.45, 7) is 14.1. The molecule has 0 aromatic heterocycles. The number of hydrogen-bond donors (Lipinski definition) is 0. The fourth-order valence-electron chi connectivity index (χ4n) is 1.90. The maximum Gasteiger partial charge on any atom is 0.162 e. The molecule has 109 valence electrons. The first-order valence-electron chi connectivity index (χ1n) is 6.51. The van der Waals surface area contributed by atoms with Crippen LogP contribution in [0.3, 0.4) is 0 Å². The van der Waals surface area contributed by atoms with E-state index < -0.39 is 5.54 Å². The molecule has 0 saturated carbocycles. The third-order valence-corrected chi connectivity index (χ3v) is 2.33.